The third kappa shape index (κ3) is 2.65. The number of rotatable bonds is 3. The van der Waals surface area contributed by atoms with E-state index in [1.54, 1.807) is 6.07 Å². The number of likely N-dealkylation sites (tertiary alicyclic amines) is 1. The third-order valence-electron chi connectivity index (χ3n) is 3.89. The minimum Gasteiger partial charge on any atom is -0.408 e. The molecule has 108 valence electrons. The Labute approximate surface area is 116 Å². The molecule has 1 saturated heterocycles. The zero-order chi connectivity index (χ0) is 14.1. The fraction of sp³-hybridized carbons (Fsp3) is 0.500. The van der Waals surface area contributed by atoms with Gasteiger partial charge in [-0.3, -0.25) is 4.98 Å². The highest BCUT2D eigenvalue weighted by atomic mass is 16.4. The predicted molar refractivity (Wildman–Crippen MR) is 80.0 cm³/mol. The number of aromatic nitrogens is 1. The smallest absolute Gasteiger partial charge is 0.408 e. The third-order valence-corrected chi connectivity index (χ3v) is 3.89. The topological polar surface area (TPSA) is 87.3 Å². The van der Waals surface area contributed by atoms with Crippen LogP contribution in [0.2, 0.25) is 0 Å². The minimum atomic E-state index is -0.453. The van der Waals surface area contributed by atoms with Gasteiger partial charge < -0.3 is 20.4 Å². The molecule has 2 heterocycles. The lowest BCUT2D eigenvalue weighted by Gasteiger charge is -2.30. The molecule has 0 amide bonds. The summed E-state index contributed by atoms with van der Waals surface area (Å²) in [7, 11) is 2.16. The molecule has 6 heteroatoms. The second-order valence-electron chi connectivity index (χ2n) is 5.60. The van der Waals surface area contributed by atoms with Crippen LogP contribution >= 0.6 is 0 Å². The lowest BCUT2D eigenvalue weighted by molar-refractivity contribution is 0.217. The number of aromatic amines is 1. The van der Waals surface area contributed by atoms with Crippen molar-refractivity contribution in [3.8, 4) is 0 Å². The molecule has 0 bridgehead atoms. The number of H-pyrrole nitrogens is 1. The lowest BCUT2D eigenvalue weighted by atomic mass is 9.98. The average molecular weight is 276 g/mol. The first-order valence-electron chi connectivity index (χ1n) is 6.96. The maximum Gasteiger partial charge on any atom is 0.417 e. The van der Waals surface area contributed by atoms with Gasteiger partial charge in [0.05, 0.1) is 16.9 Å². The van der Waals surface area contributed by atoms with E-state index in [9.17, 15) is 4.79 Å². The SMILES string of the molecule is CN1CCCC(CNc2cc3[nH]c(=O)oc3cc2N)C1. The van der Waals surface area contributed by atoms with Crippen molar-refractivity contribution in [2.45, 2.75) is 12.8 Å². The first-order chi connectivity index (χ1) is 9.61. The molecule has 0 aliphatic carbocycles. The van der Waals surface area contributed by atoms with Crippen molar-refractivity contribution < 1.29 is 4.42 Å². The summed E-state index contributed by atoms with van der Waals surface area (Å²) in [5.74, 6) is 0.178. The first kappa shape index (κ1) is 13.1. The fourth-order valence-corrected chi connectivity index (χ4v) is 2.86. The zero-order valence-corrected chi connectivity index (χ0v) is 11.6. The highest BCUT2D eigenvalue weighted by molar-refractivity contribution is 5.85. The van der Waals surface area contributed by atoms with Crippen molar-refractivity contribution in [3.05, 3.63) is 22.7 Å². The molecule has 4 N–H and O–H groups in total. The number of nitrogens with zero attached hydrogens (tertiary/aromatic N) is 1. The Hall–Kier alpha value is -1.95. The van der Waals surface area contributed by atoms with Crippen LogP contribution in [0.1, 0.15) is 12.8 Å². The quantitative estimate of drug-likeness (QED) is 0.739. The molecule has 0 radical (unpaired) electrons. The number of hydrogen-bond acceptors (Lipinski definition) is 5. The van der Waals surface area contributed by atoms with Gasteiger partial charge in [-0.1, -0.05) is 0 Å². The van der Waals surface area contributed by atoms with Gasteiger partial charge in [0.25, 0.3) is 0 Å². The fourth-order valence-electron chi connectivity index (χ4n) is 2.86. The van der Waals surface area contributed by atoms with Crippen LogP contribution in [-0.2, 0) is 0 Å². The number of oxazole rings is 1. The van der Waals surface area contributed by atoms with E-state index < -0.39 is 5.76 Å². The number of anilines is 2. The van der Waals surface area contributed by atoms with E-state index in [-0.39, 0.29) is 0 Å². The van der Waals surface area contributed by atoms with Crippen molar-refractivity contribution >= 4 is 22.5 Å². The molecule has 6 nitrogen and oxygen atoms in total. The van der Waals surface area contributed by atoms with Gasteiger partial charge in [0.2, 0.25) is 0 Å². The van der Waals surface area contributed by atoms with Gasteiger partial charge in [-0.05, 0) is 38.4 Å². The van der Waals surface area contributed by atoms with E-state index in [1.165, 1.54) is 19.4 Å². The molecule has 1 aliphatic heterocycles. The molecule has 0 saturated carbocycles. The Morgan fingerprint density at radius 2 is 2.40 bits per heavy atom. The number of nitrogens with two attached hydrogens (primary N) is 1. The molecule has 1 aromatic carbocycles. The zero-order valence-electron chi connectivity index (χ0n) is 11.6. The Bertz CT molecular complexity index is 661. The summed E-state index contributed by atoms with van der Waals surface area (Å²) in [4.78, 5) is 16.2. The average Bonchev–Trinajstić information content (AvgIpc) is 2.75. The number of fused-ring (bicyclic) bond motifs is 1. The van der Waals surface area contributed by atoms with Gasteiger partial charge in [0, 0.05) is 19.2 Å². The highest BCUT2D eigenvalue weighted by Gasteiger charge is 2.17. The summed E-state index contributed by atoms with van der Waals surface area (Å²) in [5.41, 5.74) is 8.61. The standard InChI is InChI=1S/C14H20N4O2/c1-18-4-2-3-9(8-18)7-16-11-6-12-13(5-10(11)15)20-14(19)17-12/h5-6,9,16H,2-4,7-8,15H2,1H3,(H,17,19). The maximum atomic E-state index is 11.2. The Balaban J connectivity index is 1.73. The molecule has 2 aromatic rings. The van der Waals surface area contributed by atoms with E-state index >= 15 is 0 Å². The summed E-state index contributed by atoms with van der Waals surface area (Å²) in [5, 5.41) is 3.39. The summed E-state index contributed by atoms with van der Waals surface area (Å²) < 4.78 is 4.99. The number of hydrogen-bond donors (Lipinski definition) is 3. The first-order valence-corrected chi connectivity index (χ1v) is 6.96. The molecular weight excluding hydrogens is 256 g/mol. The van der Waals surface area contributed by atoms with Crippen LogP contribution in [0.4, 0.5) is 11.4 Å². The van der Waals surface area contributed by atoms with Gasteiger partial charge in [-0.2, -0.15) is 0 Å². The van der Waals surface area contributed by atoms with Crippen molar-refractivity contribution in [2.24, 2.45) is 5.92 Å². The van der Waals surface area contributed by atoms with E-state index in [4.69, 9.17) is 10.2 Å². The van der Waals surface area contributed by atoms with Crippen molar-refractivity contribution in [2.75, 3.05) is 37.7 Å². The maximum absolute atomic E-state index is 11.2. The molecule has 0 spiro atoms. The summed E-state index contributed by atoms with van der Waals surface area (Å²) >= 11 is 0. The Morgan fingerprint density at radius 3 is 3.20 bits per heavy atom. The highest BCUT2D eigenvalue weighted by Crippen LogP contribution is 2.25. The molecular formula is C14H20N4O2. The number of benzene rings is 1. The molecule has 1 aromatic heterocycles. The van der Waals surface area contributed by atoms with Crippen LogP contribution < -0.4 is 16.8 Å². The second-order valence-corrected chi connectivity index (χ2v) is 5.60. The Morgan fingerprint density at radius 1 is 1.55 bits per heavy atom. The molecule has 1 aliphatic rings. The lowest BCUT2D eigenvalue weighted by Crippen LogP contribution is -2.35. The predicted octanol–water partition coefficient (Wildman–Crippen LogP) is 1.46. The molecule has 3 rings (SSSR count). The van der Waals surface area contributed by atoms with Crippen LogP contribution in [0.25, 0.3) is 11.1 Å². The number of piperidine rings is 1. The Kier molecular flexibility index (Phi) is 3.40. The molecule has 1 atom stereocenters. The largest absolute Gasteiger partial charge is 0.417 e. The van der Waals surface area contributed by atoms with E-state index in [2.05, 4.69) is 22.2 Å². The van der Waals surface area contributed by atoms with Crippen LogP contribution in [0.3, 0.4) is 0 Å². The van der Waals surface area contributed by atoms with E-state index in [0.29, 0.717) is 22.7 Å². The van der Waals surface area contributed by atoms with Gasteiger partial charge in [-0.25, -0.2) is 4.79 Å². The minimum absolute atomic E-state index is 0.453. The van der Waals surface area contributed by atoms with E-state index in [1.807, 2.05) is 6.07 Å². The van der Waals surface area contributed by atoms with Crippen molar-refractivity contribution in [1.29, 1.82) is 0 Å². The summed E-state index contributed by atoms with van der Waals surface area (Å²) in [6, 6.07) is 3.52. The molecule has 1 fully saturated rings. The van der Waals surface area contributed by atoms with Gasteiger partial charge >= 0.3 is 5.76 Å². The van der Waals surface area contributed by atoms with Crippen molar-refractivity contribution in [3.63, 3.8) is 0 Å². The van der Waals surface area contributed by atoms with E-state index in [0.717, 1.165) is 18.8 Å². The van der Waals surface area contributed by atoms with Crippen LogP contribution in [-0.4, -0.2) is 36.6 Å². The number of nitrogens with one attached hydrogen (secondary N) is 2. The van der Waals surface area contributed by atoms with Gasteiger partial charge in [-0.15, -0.1) is 0 Å². The monoisotopic (exact) mass is 276 g/mol. The second kappa shape index (κ2) is 5.20. The van der Waals surface area contributed by atoms with Crippen LogP contribution in [0.15, 0.2) is 21.3 Å². The van der Waals surface area contributed by atoms with Gasteiger partial charge in [0.15, 0.2) is 5.58 Å². The molecule has 20 heavy (non-hydrogen) atoms. The number of nitrogen functional groups attached to an aromatic ring is 1. The van der Waals surface area contributed by atoms with Gasteiger partial charge in [0.1, 0.15) is 0 Å². The van der Waals surface area contributed by atoms with Crippen LogP contribution in [0, 0.1) is 5.92 Å². The van der Waals surface area contributed by atoms with Crippen LogP contribution in [0.5, 0.6) is 0 Å². The van der Waals surface area contributed by atoms with Crippen molar-refractivity contribution in [1.82, 2.24) is 9.88 Å². The summed E-state index contributed by atoms with van der Waals surface area (Å²) in [6.45, 7) is 3.18. The normalized spacial score (nSPS) is 20.4. The summed E-state index contributed by atoms with van der Waals surface area (Å²) in [6.07, 6.45) is 2.48. The molecule has 1 unspecified atom stereocenters.